The number of halogens is 1. The minimum absolute atomic E-state index is 0.0792. The van der Waals surface area contributed by atoms with E-state index in [0.29, 0.717) is 5.92 Å². The third kappa shape index (κ3) is 2.37. The van der Waals surface area contributed by atoms with Gasteiger partial charge in [-0.1, -0.05) is 25.5 Å². The predicted octanol–water partition coefficient (Wildman–Crippen LogP) is 3.26. The average Bonchev–Trinajstić information content (AvgIpc) is 2.65. The molecule has 1 aromatic rings. The summed E-state index contributed by atoms with van der Waals surface area (Å²) in [4.78, 5) is 0. The Morgan fingerprint density at radius 3 is 2.47 bits per heavy atom. The van der Waals surface area contributed by atoms with Crippen LogP contribution in [0.15, 0.2) is 24.3 Å². The summed E-state index contributed by atoms with van der Waals surface area (Å²) < 4.78 is 12.7. The fourth-order valence-corrected chi connectivity index (χ4v) is 2.53. The van der Waals surface area contributed by atoms with Gasteiger partial charge in [0, 0.05) is 6.04 Å². The van der Waals surface area contributed by atoms with Gasteiger partial charge in [0.25, 0.3) is 0 Å². The molecule has 1 saturated carbocycles. The minimum atomic E-state index is -0.189. The molecule has 0 spiro atoms. The van der Waals surface area contributed by atoms with Gasteiger partial charge >= 0.3 is 0 Å². The standard InChI is InChI=1S/C13H18FN/c1-9-2-3-11(8-9)13(15)10-4-6-12(14)7-5-10/h4-7,9,11,13H,2-3,8,15H2,1H3. The Morgan fingerprint density at radius 1 is 1.27 bits per heavy atom. The first kappa shape index (κ1) is 10.6. The summed E-state index contributed by atoms with van der Waals surface area (Å²) in [5.41, 5.74) is 7.26. The van der Waals surface area contributed by atoms with Gasteiger partial charge in [0.15, 0.2) is 0 Å². The van der Waals surface area contributed by atoms with Crippen molar-refractivity contribution < 1.29 is 4.39 Å². The van der Waals surface area contributed by atoms with Crippen molar-refractivity contribution >= 4 is 0 Å². The molecule has 1 nitrogen and oxygen atoms in total. The molecule has 1 aromatic carbocycles. The highest BCUT2D eigenvalue weighted by Gasteiger charge is 2.27. The SMILES string of the molecule is CC1CCC(C(N)c2ccc(F)cc2)C1. The molecule has 2 rings (SSSR count). The number of nitrogens with two attached hydrogens (primary N) is 1. The van der Waals surface area contributed by atoms with Gasteiger partial charge in [-0.25, -0.2) is 4.39 Å². The first-order valence-corrected chi connectivity index (χ1v) is 5.68. The van der Waals surface area contributed by atoms with Crippen molar-refractivity contribution in [1.29, 1.82) is 0 Å². The summed E-state index contributed by atoms with van der Waals surface area (Å²) in [5, 5.41) is 0. The molecule has 0 radical (unpaired) electrons. The Kier molecular flexibility index (Phi) is 3.06. The molecule has 2 heteroatoms. The van der Waals surface area contributed by atoms with E-state index < -0.39 is 0 Å². The van der Waals surface area contributed by atoms with Crippen LogP contribution in [-0.4, -0.2) is 0 Å². The molecular formula is C13H18FN. The van der Waals surface area contributed by atoms with Crippen LogP contribution in [0, 0.1) is 17.7 Å². The third-order valence-electron chi connectivity index (χ3n) is 3.50. The van der Waals surface area contributed by atoms with Crippen molar-refractivity contribution in [3.63, 3.8) is 0 Å². The van der Waals surface area contributed by atoms with Gasteiger partial charge in [0.1, 0.15) is 5.82 Å². The zero-order valence-electron chi connectivity index (χ0n) is 9.12. The maximum absolute atomic E-state index is 12.7. The van der Waals surface area contributed by atoms with Crippen molar-refractivity contribution in [3.05, 3.63) is 35.6 Å². The molecule has 1 fully saturated rings. The van der Waals surface area contributed by atoms with Crippen LogP contribution in [0.3, 0.4) is 0 Å². The highest BCUT2D eigenvalue weighted by Crippen LogP contribution is 2.37. The first-order valence-electron chi connectivity index (χ1n) is 5.68. The third-order valence-corrected chi connectivity index (χ3v) is 3.50. The van der Waals surface area contributed by atoms with Crippen molar-refractivity contribution in [2.75, 3.05) is 0 Å². The molecule has 0 aliphatic heterocycles. The Hall–Kier alpha value is -0.890. The average molecular weight is 207 g/mol. The van der Waals surface area contributed by atoms with Crippen LogP contribution in [-0.2, 0) is 0 Å². The summed E-state index contributed by atoms with van der Waals surface area (Å²) in [6.07, 6.45) is 3.69. The van der Waals surface area contributed by atoms with Crippen LogP contribution < -0.4 is 5.73 Å². The normalized spacial score (nSPS) is 27.9. The molecule has 2 N–H and O–H groups in total. The van der Waals surface area contributed by atoms with Gasteiger partial charge in [0.05, 0.1) is 0 Å². The van der Waals surface area contributed by atoms with Gasteiger partial charge in [0.2, 0.25) is 0 Å². The van der Waals surface area contributed by atoms with Crippen LogP contribution >= 0.6 is 0 Å². The van der Waals surface area contributed by atoms with E-state index in [0.717, 1.165) is 11.5 Å². The molecule has 0 aromatic heterocycles. The summed E-state index contributed by atoms with van der Waals surface area (Å²) in [7, 11) is 0. The Morgan fingerprint density at radius 2 is 1.93 bits per heavy atom. The van der Waals surface area contributed by atoms with E-state index >= 15 is 0 Å². The quantitative estimate of drug-likeness (QED) is 0.791. The maximum Gasteiger partial charge on any atom is 0.123 e. The molecule has 3 atom stereocenters. The zero-order valence-corrected chi connectivity index (χ0v) is 9.12. The van der Waals surface area contributed by atoms with Gasteiger partial charge in [-0.2, -0.15) is 0 Å². The van der Waals surface area contributed by atoms with Crippen LogP contribution in [0.5, 0.6) is 0 Å². The van der Waals surface area contributed by atoms with E-state index in [4.69, 9.17) is 5.73 Å². The second-order valence-electron chi connectivity index (χ2n) is 4.76. The fourth-order valence-electron chi connectivity index (χ4n) is 2.53. The molecule has 1 aliphatic rings. The summed E-state index contributed by atoms with van der Waals surface area (Å²) in [6, 6.07) is 6.68. The predicted molar refractivity (Wildman–Crippen MR) is 59.8 cm³/mol. The molecule has 82 valence electrons. The molecule has 15 heavy (non-hydrogen) atoms. The molecule has 1 aliphatic carbocycles. The van der Waals surface area contributed by atoms with Crippen molar-refractivity contribution in [1.82, 2.24) is 0 Å². The van der Waals surface area contributed by atoms with Crippen molar-refractivity contribution in [3.8, 4) is 0 Å². The summed E-state index contributed by atoms with van der Waals surface area (Å²) >= 11 is 0. The van der Waals surface area contributed by atoms with E-state index in [2.05, 4.69) is 6.92 Å². The second-order valence-corrected chi connectivity index (χ2v) is 4.76. The first-order chi connectivity index (χ1) is 7.16. The number of hydrogen-bond acceptors (Lipinski definition) is 1. The van der Waals surface area contributed by atoms with Crippen LogP contribution in [0.2, 0.25) is 0 Å². The zero-order chi connectivity index (χ0) is 10.8. The number of benzene rings is 1. The van der Waals surface area contributed by atoms with Crippen LogP contribution in [0.4, 0.5) is 4.39 Å². The molecule has 3 unspecified atom stereocenters. The lowest BCUT2D eigenvalue weighted by molar-refractivity contribution is 0.428. The highest BCUT2D eigenvalue weighted by molar-refractivity contribution is 5.20. The van der Waals surface area contributed by atoms with Gasteiger partial charge in [-0.05, 0) is 42.4 Å². The minimum Gasteiger partial charge on any atom is -0.324 e. The number of hydrogen-bond donors (Lipinski definition) is 1. The lowest BCUT2D eigenvalue weighted by Gasteiger charge is -2.19. The van der Waals surface area contributed by atoms with Crippen molar-refractivity contribution in [2.24, 2.45) is 17.6 Å². The Labute approximate surface area is 90.5 Å². The van der Waals surface area contributed by atoms with Crippen LogP contribution in [0.1, 0.15) is 37.8 Å². The summed E-state index contributed by atoms with van der Waals surface area (Å²) in [5.74, 6) is 1.18. The van der Waals surface area contributed by atoms with E-state index in [1.807, 2.05) is 12.1 Å². The van der Waals surface area contributed by atoms with Gasteiger partial charge < -0.3 is 5.73 Å². The van der Waals surface area contributed by atoms with Crippen LogP contribution in [0.25, 0.3) is 0 Å². The van der Waals surface area contributed by atoms with E-state index in [9.17, 15) is 4.39 Å². The second kappa shape index (κ2) is 4.31. The number of rotatable bonds is 2. The lowest BCUT2D eigenvalue weighted by atomic mass is 9.92. The van der Waals surface area contributed by atoms with Crippen molar-refractivity contribution in [2.45, 2.75) is 32.2 Å². The molecule has 0 amide bonds. The lowest BCUT2D eigenvalue weighted by Crippen LogP contribution is -2.19. The highest BCUT2D eigenvalue weighted by atomic mass is 19.1. The van der Waals surface area contributed by atoms with Gasteiger partial charge in [-0.3, -0.25) is 0 Å². The largest absolute Gasteiger partial charge is 0.324 e. The molecule has 0 bridgehead atoms. The summed E-state index contributed by atoms with van der Waals surface area (Å²) in [6.45, 7) is 2.28. The topological polar surface area (TPSA) is 26.0 Å². The van der Waals surface area contributed by atoms with E-state index in [-0.39, 0.29) is 11.9 Å². The molecule has 0 heterocycles. The molecule has 0 saturated heterocycles. The maximum atomic E-state index is 12.7. The van der Waals surface area contributed by atoms with E-state index in [1.165, 1.54) is 31.4 Å². The fraction of sp³-hybridized carbons (Fsp3) is 0.538. The van der Waals surface area contributed by atoms with E-state index in [1.54, 1.807) is 0 Å². The Balaban J connectivity index is 2.07. The molecular weight excluding hydrogens is 189 g/mol. The van der Waals surface area contributed by atoms with Gasteiger partial charge in [-0.15, -0.1) is 0 Å². The smallest absolute Gasteiger partial charge is 0.123 e. The monoisotopic (exact) mass is 207 g/mol. The Bertz CT molecular complexity index is 320.